The van der Waals surface area contributed by atoms with Crippen LogP contribution in [0.15, 0.2) is 12.1 Å². The van der Waals surface area contributed by atoms with E-state index in [-0.39, 0.29) is 29.7 Å². The zero-order valence-electron chi connectivity index (χ0n) is 10.8. The molecular weight excluding hydrogens is 314 g/mol. The van der Waals surface area contributed by atoms with E-state index >= 15 is 0 Å². The zero-order valence-corrected chi connectivity index (χ0v) is 10.8. The second-order valence-corrected chi connectivity index (χ2v) is 4.75. The molecule has 0 saturated heterocycles. The molecule has 1 aliphatic heterocycles. The van der Waals surface area contributed by atoms with E-state index < -0.39 is 30.4 Å². The molecule has 1 heterocycles. The number of fused-ring (bicyclic) bond motifs is 1. The highest BCUT2D eigenvalue weighted by Crippen LogP contribution is 2.34. The predicted octanol–water partition coefficient (Wildman–Crippen LogP) is 3.02. The van der Waals surface area contributed by atoms with Crippen LogP contribution in [-0.4, -0.2) is 23.5 Å². The molecule has 0 spiro atoms. The molecule has 0 fully saturated rings. The van der Waals surface area contributed by atoms with Gasteiger partial charge in [-0.2, -0.15) is 31.6 Å². The average Bonchev–Trinajstić information content (AvgIpc) is 2.42. The van der Waals surface area contributed by atoms with Crippen molar-refractivity contribution in [1.29, 1.82) is 5.26 Å². The quantitative estimate of drug-likeness (QED) is 0.689. The Morgan fingerprint density at radius 1 is 1.18 bits per heavy atom. The summed E-state index contributed by atoms with van der Waals surface area (Å²) in [6, 6.07) is 2.97. The van der Waals surface area contributed by atoms with E-state index in [9.17, 15) is 31.1 Å². The molecule has 118 valence electrons. The van der Waals surface area contributed by atoms with Gasteiger partial charge in [-0.3, -0.25) is 4.79 Å². The van der Waals surface area contributed by atoms with Gasteiger partial charge in [-0.1, -0.05) is 0 Å². The van der Waals surface area contributed by atoms with Crippen molar-refractivity contribution >= 4 is 5.91 Å². The number of carbonyl (C=O) groups is 1. The van der Waals surface area contributed by atoms with Crippen LogP contribution < -0.4 is 0 Å². The van der Waals surface area contributed by atoms with Crippen molar-refractivity contribution in [3.8, 4) is 6.07 Å². The van der Waals surface area contributed by atoms with Crippen LogP contribution >= 0.6 is 0 Å². The zero-order chi connectivity index (χ0) is 16.7. The maximum atomic E-state index is 12.7. The Morgan fingerprint density at radius 3 is 2.32 bits per heavy atom. The Morgan fingerprint density at radius 2 is 1.82 bits per heavy atom. The first-order valence-electron chi connectivity index (χ1n) is 6.03. The van der Waals surface area contributed by atoms with Crippen molar-refractivity contribution in [3.05, 3.63) is 34.4 Å². The molecule has 0 radical (unpaired) electrons. The number of carbonyl (C=O) groups excluding carboxylic acids is 1. The lowest BCUT2D eigenvalue weighted by atomic mass is 9.92. The van der Waals surface area contributed by atoms with Gasteiger partial charge in [-0.15, -0.1) is 0 Å². The van der Waals surface area contributed by atoms with Crippen molar-refractivity contribution < 1.29 is 31.1 Å². The number of nitriles is 1. The molecule has 0 saturated carbocycles. The van der Waals surface area contributed by atoms with Crippen LogP contribution in [0.25, 0.3) is 0 Å². The monoisotopic (exact) mass is 322 g/mol. The highest BCUT2D eigenvalue weighted by molar-refractivity contribution is 5.82. The van der Waals surface area contributed by atoms with Gasteiger partial charge >= 0.3 is 18.3 Å². The Labute approximate surface area is 120 Å². The van der Waals surface area contributed by atoms with Gasteiger partial charge in [0.25, 0.3) is 0 Å². The smallest absolute Gasteiger partial charge is 0.330 e. The molecule has 1 aromatic rings. The lowest BCUT2D eigenvalue weighted by Crippen LogP contribution is -2.43. The summed E-state index contributed by atoms with van der Waals surface area (Å²) in [5.74, 6) is -2.10. The number of rotatable bonds is 0. The van der Waals surface area contributed by atoms with Crippen molar-refractivity contribution in [2.75, 3.05) is 6.54 Å². The summed E-state index contributed by atoms with van der Waals surface area (Å²) in [6.45, 7) is -0.905. The van der Waals surface area contributed by atoms with Gasteiger partial charge in [0.15, 0.2) is 0 Å². The Bertz CT molecular complexity index is 656. The van der Waals surface area contributed by atoms with Gasteiger partial charge in [0.2, 0.25) is 0 Å². The normalized spacial score (nSPS) is 15.2. The molecule has 22 heavy (non-hydrogen) atoms. The van der Waals surface area contributed by atoms with E-state index in [0.29, 0.717) is 17.0 Å². The first kappa shape index (κ1) is 16.1. The number of hydrogen-bond donors (Lipinski definition) is 0. The van der Waals surface area contributed by atoms with Crippen molar-refractivity contribution in [3.63, 3.8) is 0 Å². The molecule has 0 atom stereocenters. The Kier molecular flexibility index (Phi) is 3.81. The highest BCUT2D eigenvalue weighted by Gasteiger charge is 2.43. The average molecular weight is 322 g/mol. The van der Waals surface area contributed by atoms with Crippen molar-refractivity contribution in [2.24, 2.45) is 0 Å². The maximum absolute atomic E-state index is 12.7. The first-order valence-corrected chi connectivity index (χ1v) is 6.03. The van der Waals surface area contributed by atoms with E-state index in [1.165, 1.54) is 0 Å². The number of nitrogens with zero attached hydrogens (tertiary/aromatic N) is 2. The van der Waals surface area contributed by atoms with Crippen LogP contribution in [0.2, 0.25) is 0 Å². The van der Waals surface area contributed by atoms with Crippen LogP contribution in [0, 0.1) is 11.3 Å². The molecule has 0 N–H and O–H groups in total. The third-order valence-electron chi connectivity index (χ3n) is 3.31. The molecule has 2 rings (SSSR count). The molecule has 9 heteroatoms. The summed E-state index contributed by atoms with van der Waals surface area (Å²) in [5.41, 5.74) is -1.19. The predicted molar refractivity (Wildman–Crippen MR) is 61.3 cm³/mol. The summed E-state index contributed by atoms with van der Waals surface area (Å²) < 4.78 is 75.4. The standard InChI is InChI=1S/C13H8F6N2O/c14-12(15,16)9-3-7(5-20)10-1-2-21(6-8(10)4-9)11(22)13(17,18)19/h3-4H,1-2,6H2. The van der Waals surface area contributed by atoms with E-state index in [4.69, 9.17) is 5.26 Å². The van der Waals surface area contributed by atoms with Crippen LogP contribution in [-0.2, 0) is 23.9 Å². The lowest BCUT2D eigenvalue weighted by molar-refractivity contribution is -0.186. The van der Waals surface area contributed by atoms with E-state index in [2.05, 4.69) is 0 Å². The summed E-state index contributed by atoms with van der Waals surface area (Å²) in [4.78, 5) is 11.6. The second-order valence-electron chi connectivity index (χ2n) is 4.75. The van der Waals surface area contributed by atoms with Gasteiger partial charge in [-0.05, 0) is 29.7 Å². The Balaban J connectivity index is 2.43. The highest BCUT2D eigenvalue weighted by atomic mass is 19.4. The number of alkyl halides is 6. The third-order valence-corrected chi connectivity index (χ3v) is 3.31. The lowest BCUT2D eigenvalue weighted by Gasteiger charge is -2.30. The molecule has 0 aliphatic carbocycles. The van der Waals surface area contributed by atoms with Crippen LogP contribution in [0.4, 0.5) is 26.3 Å². The molecule has 1 aromatic carbocycles. The van der Waals surface area contributed by atoms with Crippen molar-refractivity contribution in [1.82, 2.24) is 4.90 Å². The maximum Gasteiger partial charge on any atom is 0.471 e. The molecule has 0 aromatic heterocycles. The topological polar surface area (TPSA) is 44.1 Å². The molecule has 0 unspecified atom stereocenters. The van der Waals surface area contributed by atoms with Gasteiger partial charge in [-0.25, -0.2) is 0 Å². The van der Waals surface area contributed by atoms with Crippen molar-refractivity contribution in [2.45, 2.75) is 25.3 Å². The van der Waals surface area contributed by atoms with Crippen LogP contribution in [0.3, 0.4) is 0 Å². The molecule has 3 nitrogen and oxygen atoms in total. The van der Waals surface area contributed by atoms with Crippen LogP contribution in [0.5, 0.6) is 0 Å². The van der Waals surface area contributed by atoms with E-state index in [0.717, 1.165) is 0 Å². The third kappa shape index (κ3) is 3.00. The van der Waals surface area contributed by atoms with Gasteiger partial charge in [0, 0.05) is 13.1 Å². The van der Waals surface area contributed by atoms with E-state index in [1.54, 1.807) is 6.07 Å². The van der Waals surface area contributed by atoms with Gasteiger partial charge < -0.3 is 4.90 Å². The molecule has 1 aliphatic rings. The summed E-state index contributed by atoms with van der Waals surface area (Å²) in [7, 11) is 0. The number of halogens is 6. The second kappa shape index (κ2) is 5.19. The number of amides is 1. The minimum absolute atomic E-state index is 0.0878. The van der Waals surface area contributed by atoms with Gasteiger partial charge in [0.1, 0.15) is 0 Å². The minimum Gasteiger partial charge on any atom is -0.330 e. The Hall–Kier alpha value is -2.24. The SMILES string of the molecule is N#Cc1cc(C(F)(F)F)cc2c1CCN(C(=O)C(F)(F)F)C2. The number of benzene rings is 1. The summed E-state index contributed by atoms with van der Waals surface area (Å²) >= 11 is 0. The fourth-order valence-electron chi connectivity index (χ4n) is 2.32. The first-order chi connectivity index (χ1) is 10.0. The summed E-state index contributed by atoms with van der Waals surface area (Å²) in [5, 5.41) is 8.91. The number of hydrogen-bond acceptors (Lipinski definition) is 2. The summed E-state index contributed by atoms with van der Waals surface area (Å²) in [6.07, 6.45) is -9.91. The van der Waals surface area contributed by atoms with Crippen LogP contribution in [0.1, 0.15) is 22.3 Å². The van der Waals surface area contributed by atoms with E-state index in [1.807, 2.05) is 0 Å². The molecular formula is C13H8F6N2O. The molecule has 0 bridgehead atoms. The van der Waals surface area contributed by atoms with Gasteiger partial charge in [0.05, 0.1) is 17.2 Å². The molecule has 1 amide bonds. The minimum atomic E-state index is -5.09. The fraction of sp³-hybridized carbons (Fsp3) is 0.385. The fourth-order valence-corrected chi connectivity index (χ4v) is 2.32. The largest absolute Gasteiger partial charge is 0.471 e.